The van der Waals surface area contributed by atoms with Gasteiger partial charge in [0.2, 0.25) is 0 Å². The molecule has 0 spiro atoms. The van der Waals surface area contributed by atoms with Gasteiger partial charge in [-0.15, -0.1) is 0 Å². The summed E-state index contributed by atoms with van der Waals surface area (Å²) in [5, 5.41) is 3.27. The molecule has 0 aliphatic rings. The fraction of sp³-hybridized carbons (Fsp3) is 0.294. The number of hydrogen-bond acceptors (Lipinski definition) is 2. The van der Waals surface area contributed by atoms with Crippen LogP contribution in [0.15, 0.2) is 46.9 Å². The zero-order chi connectivity index (χ0) is 15.2. The largest absolute Gasteiger partial charge is 0.488 e. The Morgan fingerprint density at radius 2 is 2.00 bits per heavy atom. The highest BCUT2D eigenvalue weighted by atomic mass is 79.9. The van der Waals surface area contributed by atoms with Gasteiger partial charge in [-0.3, -0.25) is 0 Å². The van der Waals surface area contributed by atoms with Crippen LogP contribution < -0.4 is 10.1 Å². The Balaban J connectivity index is 2.16. The van der Waals surface area contributed by atoms with E-state index in [0.29, 0.717) is 5.56 Å². The topological polar surface area (TPSA) is 21.3 Å². The molecule has 0 aliphatic carbocycles. The number of ether oxygens (including phenoxy) is 1. The molecular formula is C17H19BrFNO. The fourth-order valence-electron chi connectivity index (χ4n) is 2.27. The second-order valence-corrected chi connectivity index (χ2v) is 5.73. The molecule has 0 saturated heterocycles. The Hall–Kier alpha value is -1.39. The van der Waals surface area contributed by atoms with Crippen LogP contribution in [0.4, 0.5) is 4.39 Å². The summed E-state index contributed by atoms with van der Waals surface area (Å²) in [5.74, 6) is 0.531. The predicted octanol–water partition coefficient (Wildman–Crippen LogP) is 4.84. The first kappa shape index (κ1) is 16.0. The lowest BCUT2D eigenvalue weighted by atomic mass is 10.0. The van der Waals surface area contributed by atoms with E-state index >= 15 is 0 Å². The number of para-hydroxylation sites is 1. The van der Waals surface area contributed by atoms with Crippen molar-refractivity contribution >= 4 is 15.9 Å². The summed E-state index contributed by atoms with van der Waals surface area (Å²) in [4.78, 5) is 0. The maximum Gasteiger partial charge on any atom is 0.130 e. The quantitative estimate of drug-likeness (QED) is 0.803. The highest BCUT2D eigenvalue weighted by Gasteiger charge is 2.13. The van der Waals surface area contributed by atoms with E-state index in [9.17, 15) is 4.39 Å². The normalized spacial score (nSPS) is 12.2. The van der Waals surface area contributed by atoms with Gasteiger partial charge in [-0.2, -0.15) is 0 Å². The van der Waals surface area contributed by atoms with Crippen molar-refractivity contribution in [3.05, 3.63) is 63.9 Å². The molecule has 0 bridgehead atoms. The van der Waals surface area contributed by atoms with E-state index < -0.39 is 0 Å². The van der Waals surface area contributed by atoms with Crippen LogP contribution >= 0.6 is 15.9 Å². The first-order chi connectivity index (χ1) is 10.2. The maximum atomic E-state index is 13.8. The van der Waals surface area contributed by atoms with Crippen LogP contribution in [0.3, 0.4) is 0 Å². The molecule has 0 heterocycles. The van der Waals surface area contributed by atoms with Gasteiger partial charge in [0.1, 0.15) is 18.2 Å². The molecular weight excluding hydrogens is 333 g/mol. The number of halogens is 2. The van der Waals surface area contributed by atoms with E-state index in [-0.39, 0.29) is 18.5 Å². The molecule has 0 radical (unpaired) electrons. The van der Waals surface area contributed by atoms with Crippen LogP contribution in [-0.2, 0) is 6.61 Å². The van der Waals surface area contributed by atoms with E-state index in [4.69, 9.17) is 4.74 Å². The predicted molar refractivity (Wildman–Crippen MR) is 87.0 cm³/mol. The zero-order valence-electron chi connectivity index (χ0n) is 12.2. The van der Waals surface area contributed by atoms with Crippen molar-refractivity contribution < 1.29 is 9.13 Å². The van der Waals surface area contributed by atoms with Gasteiger partial charge in [0.25, 0.3) is 0 Å². The lowest BCUT2D eigenvalue weighted by Gasteiger charge is -2.19. The summed E-state index contributed by atoms with van der Waals surface area (Å²) in [6, 6.07) is 13.1. The summed E-state index contributed by atoms with van der Waals surface area (Å²) >= 11 is 3.25. The summed E-state index contributed by atoms with van der Waals surface area (Å²) in [6.45, 7) is 2.34. The molecule has 2 nitrogen and oxygen atoms in total. The molecule has 0 aliphatic heterocycles. The van der Waals surface area contributed by atoms with Crippen molar-refractivity contribution in [1.82, 2.24) is 5.32 Å². The number of nitrogens with one attached hydrogen (secondary N) is 1. The van der Waals surface area contributed by atoms with Crippen LogP contribution in [-0.4, -0.2) is 7.05 Å². The highest BCUT2D eigenvalue weighted by Crippen LogP contribution is 2.28. The van der Waals surface area contributed by atoms with Crippen molar-refractivity contribution in [2.75, 3.05) is 7.05 Å². The zero-order valence-corrected chi connectivity index (χ0v) is 13.8. The molecule has 4 heteroatoms. The third kappa shape index (κ3) is 4.05. The Morgan fingerprint density at radius 1 is 1.24 bits per heavy atom. The van der Waals surface area contributed by atoms with E-state index in [0.717, 1.165) is 22.2 Å². The van der Waals surface area contributed by atoms with Gasteiger partial charge in [0.05, 0.1) is 0 Å². The van der Waals surface area contributed by atoms with Crippen LogP contribution in [0.1, 0.15) is 30.5 Å². The first-order valence-corrected chi connectivity index (χ1v) is 7.78. The van der Waals surface area contributed by atoms with E-state index in [2.05, 4.69) is 28.2 Å². The van der Waals surface area contributed by atoms with Crippen molar-refractivity contribution in [1.29, 1.82) is 0 Å². The molecule has 0 saturated carbocycles. The Kier molecular flexibility index (Phi) is 5.76. The standard InChI is InChI=1S/C17H19BrFNO/c1-3-16(20-2)14-6-4-5-7-17(14)21-11-12-8-9-13(18)10-15(12)19/h4-10,16,20H,3,11H2,1-2H3. The smallest absolute Gasteiger partial charge is 0.130 e. The van der Waals surface area contributed by atoms with Gasteiger partial charge in [0.15, 0.2) is 0 Å². The molecule has 0 amide bonds. The highest BCUT2D eigenvalue weighted by molar-refractivity contribution is 9.10. The second-order valence-electron chi connectivity index (χ2n) is 4.81. The Labute approximate surface area is 133 Å². The summed E-state index contributed by atoms with van der Waals surface area (Å²) in [7, 11) is 1.93. The van der Waals surface area contributed by atoms with Crippen molar-refractivity contribution in [2.24, 2.45) is 0 Å². The number of rotatable bonds is 6. The third-order valence-corrected chi connectivity index (χ3v) is 3.94. The molecule has 2 aromatic carbocycles. The van der Waals surface area contributed by atoms with E-state index in [1.54, 1.807) is 6.07 Å². The first-order valence-electron chi connectivity index (χ1n) is 6.98. The molecule has 1 unspecified atom stereocenters. The molecule has 1 N–H and O–H groups in total. The molecule has 1 atom stereocenters. The summed E-state index contributed by atoms with van der Waals surface area (Å²) in [5.41, 5.74) is 1.64. The molecule has 21 heavy (non-hydrogen) atoms. The molecule has 0 aromatic heterocycles. The number of hydrogen-bond donors (Lipinski definition) is 1. The molecule has 0 fully saturated rings. The van der Waals surface area contributed by atoms with Crippen molar-refractivity contribution in [3.8, 4) is 5.75 Å². The Bertz CT molecular complexity index is 599. The minimum absolute atomic E-state index is 0.219. The van der Waals surface area contributed by atoms with Crippen molar-refractivity contribution in [3.63, 3.8) is 0 Å². The molecule has 2 aromatic rings. The maximum absolute atomic E-state index is 13.8. The van der Waals surface area contributed by atoms with Crippen LogP contribution in [0.5, 0.6) is 5.75 Å². The number of benzene rings is 2. The van der Waals surface area contributed by atoms with Gasteiger partial charge in [-0.1, -0.05) is 47.1 Å². The van der Waals surface area contributed by atoms with E-state index in [1.165, 1.54) is 6.07 Å². The second kappa shape index (κ2) is 7.57. The van der Waals surface area contributed by atoms with E-state index in [1.807, 2.05) is 37.4 Å². The fourth-order valence-corrected chi connectivity index (χ4v) is 2.61. The minimum atomic E-state index is -0.262. The van der Waals surface area contributed by atoms with Gasteiger partial charge < -0.3 is 10.1 Å². The minimum Gasteiger partial charge on any atom is -0.488 e. The summed E-state index contributed by atoms with van der Waals surface area (Å²) < 4.78 is 20.4. The van der Waals surface area contributed by atoms with Crippen molar-refractivity contribution in [2.45, 2.75) is 26.0 Å². The monoisotopic (exact) mass is 351 g/mol. The van der Waals surface area contributed by atoms with Crippen LogP contribution in [0.25, 0.3) is 0 Å². The SMILES string of the molecule is CCC(NC)c1ccccc1OCc1ccc(Br)cc1F. The van der Waals surface area contributed by atoms with Gasteiger partial charge in [-0.25, -0.2) is 4.39 Å². The average Bonchev–Trinajstić information content (AvgIpc) is 2.49. The van der Waals surface area contributed by atoms with Crippen LogP contribution in [0.2, 0.25) is 0 Å². The van der Waals surface area contributed by atoms with Crippen LogP contribution in [0, 0.1) is 5.82 Å². The van der Waals surface area contributed by atoms with Gasteiger partial charge in [-0.05, 0) is 31.7 Å². The molecule has 112 valence electrons. The molecule has 2 rings (SSSR count). The lowest BCUT2D eigenvalue weighted by molar-refractivity contribution is 0.293. The summed E-state index contributed by atoms with van der Waals surface area (Å²) in [6.07, 6.45) is 0.962. The van der Waals surface area contributed by atoms with Gasteiger partial charge >= 0.3 is 0 Å². The average molecular weight is 352 g/mol. The van der Waals surface area contributed by atoms with Gasteiger partial charge in [0, 0.05) is 21.6 Å². The third-order valence-electron chi connectivity index (χ3n) is 3.45. The lowest BCUT2D eigenvalue weighted by Crippen LogP contribution is -2.16. The Morgan fingerprint density at radius 3 is 2.67 bits per heavy atom.